The molecular weight excluding hydrogens is 402 g/mol. The highest BCUT2D eigenvalue weighted by molar-refractivity contribution is 5.88. The highest BCUT2D eigenvalue weighted by Gasteiger charge is 2.44. The van der Waals surface area contributed by atoms with E-state index in [0.29, 0.717) is 39.5 Å². The molecule has 168 valence electrons. The highest BCUT2D eigenvalue weighted by Crippen LogP contribution is 2.37. The Morgan fingerprint density at radius 3 is 2.84 bits per heavy atom. The molecule has 5 rings (SSSR count). The van der Waals surface area contributed by atoms with E-state index in [4.69, 9.17) is 9.47 Å². The first-order chi connectivity index (χ1) is 15.7. The molecule has 0 saturated carbocycles. The third kappa shape index (κ3) is 4.05. The number of benzene rings is 1. The molecule has 0 N–H and O–H groups in total. The van der Waals surface area contributed by atoms with E-state index in [1.165, 1.54) is 11.1 Å². The standard InChI is InChI=1S/C26H31N3O3/c1-20-4-2-6-23(16-20)26(8-13-31-14-9-26)25(30)28-12-15-32-19-21(18-28)17-22-5-3-11-29-24(22)7-10-27-29/h2-7,10-11,16,21H,8-9,12-15,17-19H2,1H3/t21-/m0/s1. The van der Waals surface area contributed by atoms with Crippen molar-refractivity contribution in [2.45, 2.75) is 31.6 Å². The second-order valence-electron chi connectivity index (χ2n) is 9.15. The molecule has 3 aromatic rings. The van der Waals surface area contributed by atoms with Gasteiger partial charge in [0, 0.05) is 44.6 Å². The largest absolute Gasteiger partial charge is 0.381 e. The maximum atomic E-state index is 14.1. The fraction of sp³-hybridized carbons (Fsp3) is 0.462. The Bertz CT molecular complexity index is 1090. The number of nitrogens with zero attached hydrogens (tertiary/aromatic N) is 3. The van der Waals surface area contributed by atoms with E-state index < -0.39 is 5.41 Å². The summed E-state index contributed by atoms with van der Waals surface area (Å²) in [6, 6.07) is 14.7. The summed E-state index contributed by atoms with van der Waals surface area (Å²) in [7, 11) is 0. The van der Waals surface area contributed by atoms with Crippen LogP contribution in [0.25, 0.3) is 5.52 Å². The van der Waals surface area contributed by atoms with Crippen molar-refractivity contribution in [1.82, 2.24) is 14.5 Å². The van der Waals surface area contributed by atoms with Crippen LogP contribution in [0.3, 0.4) is 0 Å². The predicted octanol–water partition coefficient (Wildman–Crippen LogP) is 3.41. The Hall–Kier alpha value is -2.70. The Balaban J connectivity index is 1.40. The van der Waals surface area contributed by atoms with Gasteiger partial charge in [-0.15, -0.1) is 0 Å². The molecule has 6 nitrogen and oxygen atoms in total. The van der Waals surface area contributed by atoms with Crippen LogP contribution >= 0.6 is 0 Å². The first kappa shape index (κ1) is 21.2. The summed E-state index contributed by atoms with van der Waals surface area (Å²) >= 11 is 0. The van der Waals surface area contributed by atoms with E-state index in [1.54, 1.807) is 0 Å². The van der Waals surface area contributed by atoms with Crippen molar-refractivity contribution in [3.63, 3.8) is 0 Å². The fourth-order valence-corrected chi connectivity index (χ4v) is 5.28. The zero-order valence-electron chi connectivity index (χ0n) is 18.7. The van der Waals surface area contributed by atoms with Crippen LogP contribution in [-0.4, -0.2) is 59.9 Å². The first-order valence-electron chi connectivity index (χ1n) is 11.6. The second kappa shape index (κ2) is 9.04. The number of hydrogen-bond acceptors (Lipinski definition) is 4. The number of aryl methyl sites for hydroxylation is 1. The minimum absolute atomic E-state index is 0.226. The van der Waals surface area contributed by atoms with Gasteiger partial charge in [-0.2, -0.15) is 5.10 Å². The van der Waals surface area contributed by atoms with E-state index >= 15 is 0 Å². The van der Waals surface area contributed by atoms with Crippen molar-refractivity contribution in [3.8, 4) is 0 Å². The third-order valence-corrected chi connectivity index (χ3v) is 6.98. The summed E-state index contributed by atoms with van der Waals surface area (Å²) in [5.41, 5.74) is 4.16. The van der Waals surface area contributed by atoms with Gasteiger partial charge < -0.3 is 14.4 Å². The highest BCUT2D eigenvalue weighted by atomic mass is 16.5. The molecule has 0 radical (unpaired) electrons. The van der Waals surface area contributed by atoms with Gasteiger partial charge in [-0.05, 0) is 49.4 Å². The number of carbonyl (C=O) groups excluding carboxylic acids is 1. The monoisotopic (exact) mass is 433 g/mol. The maximum absolute atomic E-state index is 14.1. The summed E-state index contributed by atoms with van der Waals surface area (Å²) in [5, 5.41) is 4.35. The van der Waals surface area contributed by atoms with Crippen LogP contribution in [-0.2, 0) is 26.1 Å². The molecule has 0 unspecified atom stereocenters. The van der Waals surface area contributed by atoms with E-state index in [0.717, 1.165) is 30.3 Å². The van der Waals surface area contributed by atoms with Crippen molar-refractivity contribution >= 4 is 11.4 Å². The number of amides is 1. The summed E-state index contributed by atoms with van der Waals surface area (Å²) in [4.78, 5) is 16.2. The van der Waals surface area contributed by atoms with Crippen LogP contribution in [0.5, 0.6) is 0 Å². The van der Waals surface area contributed by atoms with Gasteiger partial charge >= 0.3 is 0 Å². The molecule has 32 heavy (non-hydrogen) atoms. The van der Waals surface area contributed by atoms with E-state index in [2.05, 4.69) is 47.3 Å². The van der Waals surface area contributed by atoms with Gasteiger partial charge in [0.25, 0.3) is 0 Å². The average molecular weight is 434 g/mol. The van der Waals surface area contributed by atoms with Crippen molar-refractivity contribution in [1.29, 1.82) is 0 Å². The third-order valence-electron chi connectivity index (χ3n) is 6.98. The van der Waals surface area contributed by atoms with Gasteiger partial charge in [0.1, 0.15) is 0 Å². The Morgan fingerprint density at radius 1 is 1.12 bits per heavy atom. The SMILES string of the molecule is Cc1cccc(C2(C(=O)N3CCOC[C@@H](Cc4cccn5nccc45)C3)CCOCC2)c1. The van der Waals surface area contributed by atoms with Gasteiger partial charge in [0.15, 0.2) is 0 Å². The lowest BCUT2D eigenvalue weighted by atomic mass is 9.72. The summed E-state index contributed by atoms with van der Waals surface area (Å²) in [6.45, 7) is 5.93. The Morgan fingerprint density at radius 2 is 2.00 bits per heavy atom. The average Bonchev–Trinajstić information content (AvgIpc) is 3.19. The Labute approximate surface area is 189 Å². The van der Waals surface area contributed by atoms with Gasteiger partial charge in [-0.25, -0.2) is 4.52 Å². The van der Waals surface area contributed by atoms with Crippen LogP contribution in [0.4, 0.5) is 0 Å². The van der Waals surface area contributed by atoms with Gasteiger partial charge in [-0.1, -0.05) is 35.9 Å². The predicted molar refractivity (Wildman–Crippen MR) is 123 cm³/mol. The zero-order chi connectivity index (χ0) is 22.0. The molecule has 1 amide bonds. The second-order valence-corrected chi connectivity index (χ2v) is 9.15. The normalized spacial score (nSPS) is 21.4. The maximum Gasteiger partial charge on any atom is 0.233 e. The van der Waals surface area contributed by atoms with Gasteiger partial charge in [0.05, 0.1) is 24.1 Å². The minimum atomic E-state index is -0.509. The summed E-state index contributed by atoms with van der Waals surface area (Å²) in [5.74, 6) is 0.474. The topological polar surface area (TPSA) is 56.1 Å². The van der Waals surface area contributed by atoms with Crippen molar-refractivity contribution in [2.75, 3.05) is 39.5 Å². The number of carbonyl (C=O) groups is 1. The molecule has 2 aliphatic rings. The van der Waals surface area contributed by atoms with E-state index in [1.807, 2.05) is 29.0 Å². The summed E-state index contributed by atoms with van der Waals surface area (Å²) in [6.07, 6.45) is 6.11. The molecule has 2 aliphatic heterocycles. The van der Waals surface area contributed by atoms with Crippen LogP contribution in [0, 0.1) is 12.8 Å². The molecule has 1 aromatic carbocycles. The number of fused-ring (bicyclic) bond motifs is 1. The van der Waals surface area contributed by atoms with Crippen LogP contribution in [0.2, 0.25) is 0 Å². The lowest BCUT2D eigenvalue weighted by molar-refractivity contribution is -0.141. The number of pyridine rings is 1. The van der Waals surface area contributed by atoms with Crippen molar-refractivity contribution in [3.05, 3.63) is 71.5 Å². The number of aromatic nitrogens is 2. The van der Waals surface area contributed by atoms with E-state index in [-0.39, 0.29) is 11.8 Å². The van der Waals surface area contributed by atoms with Gasteiger partial charge in [0.2, 0.25) is 5.91 Å². The van der Waals surface area contributed by atoms with Crippen LogP contribution in [0.15, 0.2) is 54.9 Å². The van der Waals surface area contributed by atoms with E-state index in [9.17, 15) is 4.79 Å². The minimum Gasteiger partial charge on any atom is -0.381 e. The molecule has 2 saturated heterocycles. The van der Waals surface area contributed by atoms with Crippen molar-refractivity contribution in [2.24, 2.45) is 5.92 Å². The fourth-order valence-electron chi connectivity index (χ4n) is 5.28. The zero-order valence-corrected chi connectivity index (χ0v) is 18.7. The lowest BCUT2D eigenvalue weighted by Gasteiger charge is -2.40. The van der Waals surface area contributed by atoms with Crippen molar-refractivity contribution < 1.29 is 14.3 Å². The quantitative estimate of drug-likeness (QED) is 0.633. The number of rotatable bonds is 4. The first-order valence-corrected chi connectivity index (χ1v) is 11.6. The van der Waals surface area contributed by atoms with Crippen LogP contribution in [0.1, 0.15) is 29.5 Å². The smallest absolute Gasteiger partial charge is 0.233 e. The van der Waals surface area contributed by atoms with Crippen LogP contribution < -0.4 is 0 Å². The number of hydrogen-bond donors (Lipinski definition) is 0. The molecule has 0 bridgehead atoms. The molecular formula is C26H31N3O3. The molecule has 1 atom stereocenters. The molecule has 4 heterocycles. The summed E-state index contributed by atoms with van der Waals surface area (Å²) < 4.78 is 13.5. The number of ether oxygens (including phenoxy) is 2. The molecule has 0 aliphatic carbocycles. The lowest BCUT2D eigenvalue weighted by Crippen LogP contribution is -2.51. The Kier molecular flexibility index (Phi) is 5.98. The molecule has 2 fully saturated rings. The molecule has 0 spiro atoms. The molecule has 6 heteroatoms. The van der Waals surface area contributed by atoms with Gasteiger partial charge in [-0.3, -0.25) is 4.79 Å². The molecule has 2 aromatic heterocycles.